The molecule has 0 aliphatic heterocycles. The topological polar surface area (TPSA) is 49.3 Å². The van der Waals surface area contributed by atoms with E-state index < -0.39 is 0 Å². The van der Waals surface area contributed by atoms with Gasteiger partial charge in [0.1, 0.15) is 0 Å². The molecule has 3 nitrogen and oxygen atoms in total. The van der Waals surface area contributed by atoms with Crippen molar-refractivity contribution in [2.75, 3.05) is 23.4 Å². The van der Waals surface area contributed by atoms with E-state index in [9.17, 15) is 4.79 Å². The Hall–Kier alpha value is -0.710. The summed E-state index contributed by atoms with van der Waals surface area (Å²) < 4.78 is 0. The zero-order valence-corrected chi connectivity index (χ0v) is 11.9. The van der Waals surface area contributed by atoms with Gasteiger partial charge in [-0.3, -0.25) is 4.79 Å². The summed E-state index contributed by atoms with van der Waals surface area (Å²) in [4.78, 5) is 11.6. The van der Waals surface area contributed by atoms with Crippen LogP contribution in [0.2, 0.25) is 5.02 Å². The number of thioether (sulfide) groups is 1. The van der Waals surface area contributed by atoms with Crippen LogP contribution in [0.5, 0.6) is 0 Å². The van der Waals surface area contributed by atoms with E-state index in [1.165, 1.54) is 0 Å². The molecule has 0 radical (unpaired) electrons. The summed E-state index contributed by atoms with van der Waals surface area (Å²) >= 11 is 7.62. The van der Waals surface area contributed by atoms with Crippen LogP contribution in [0.15, 0.2) is 24.3 Å². The van der Waals surface area contributed by atoms with E-state index in [1.54, 1.807) is 23.9 Å². The molecular weight excluding hydrogens is 270 g/mol. The van der Waals surface area contributed by atoms with Crippen LogP contribution in [0.3, 0.4) is 0 Å². The zero-order chi connectivity index (χ0) is 13.4. The smallest absolute Gasteiger partial charge is 0.225 e. The number of halogens is 1. The summed E-state index contributed by atoms with van der Waals surface area (Å²) in [5.41, 5.74) is 0.651. The van der Waals surface area contributed by atoms with Crippen molar-refractivity contribution in [3.05, 3.63) is 29.3 Å². The van der Waals surface area contributed by atoms with Crippen molar-refractivity contribution < 1.29 is 9.90 Å². The Morgan fingerprint density at radius 1 is 1.50 bits per heavy atom. The third-order valence-electron chi connectivity index (χ3n) is 2.34. The molecule has 18 heavy (non-hydrogen) atoms. The zero-order valence-electron chi connectivity index (χ0n) is 10.4. The monoisotopic (exact) mass is 287 g/mol. The first-order valence-electron chi connectivity index (χ1n) is 5.86. The molecule has 1 atom stereocenters. The molecule has 100 valence electrons. The molecule has 2 N–H and O–H groups in total. The number of hydrogen-bond donors (Lipinski definition) is 2. The number of nitrogens with one attached hydrogen (secondary N) is 1. The van der Waals surface area contributed by atoms with Crippen molar-refractivity contribution >= 4 is 35.0 Å². The van der Waals surface area contributed by atoms with Gasteiger partial charge in [-0.05, 0) is 23.8 Å². The van der Waals surface area contributed by atoms with Gasteiger partial charge in [-0.15, -0.1) is 0 Å². The molecule has 0 aliphatic carbocycles. The summed E-state index contributed by atoms with van der Waals surface area (Å²) in [5.74, 6) is 1.87. The number of para-hydroxylation sites is 1. The number of carbonyl (C=O) groups excluding carboxylic acids is 1. The normalized spacial score (nSPS) is 12.2. The predicted octanol–water partition coefficient (Wildman–Crippen LogP) is 3.03. The minimum Gasteiger partial charge on any atom is -0.396 e. The Labute approximate surface area is 117 Å². The van der Waals surface area contributed by atoms with E-state index in [1.807, 2.05) is 19.1 Å². The largest absolute Gasteiger partial charge is 0.396 e. The van der Waals surface area contributed by atoms with Gasteiger partial charge in [-0.1, -0.05) is 30.7 Å². The van der Waals surface area contributed by atoms with Gasteiger partial charge in [-0.25, -0.2) is 0 Å². The quantitative estimate of drug-likeness (QED) is 0.758. The first kappa shape index (κ1) is 15.3. The maximum absolute atomic E-state index is 11.6. The summed E-state index contributed by atoms with van der Waals surface area (Å²) in [6, 6.07) is 7.18. The number of hydrogen-bond acceptors (Lipinski definition) is 3. The van der Waals surface area contributed by atoms with Crippen LogP contribution < -0.4 is 5.32 Å². The van der Waals surface area contributed by atoms with Gasteiger partial charge in [0.2, 0.25) is 5.91 Å². The SMILES string of the molecule is CC(CO)CSCCC(=O)Nc1ccccc1Cl. The molecule has 1 aromatic carbocycles. The second-order valence-corrected chi connectivity index (χ2v) is 5.70. The maximum Gasteiger partial charge on any atom is 0.225 e. The molecule has 0 bridgehead atoms. The van der Waals surface area contributed by atoms with Gasteiger partial charge in [0.25, 0.3) is 0 Å². The van der Waals surface area contributed by atoms with Gasteiger partial charge in [-0.2, -0.15) is 11.8 Å². The van der Waals surface area contributed by atoms with E-state index in [4.69, 9.17) is 16.7 Å². The fourth-order valence-corrected chi connectivity index (χ4v) is 2.46. The second kappa shape index (κ2) is 8.40. The van der Waals surface area contributed by atoms with Crippen molar-refractivity contribution in [2.45, 2.75) is 13.3 Å². The lowest BCUT2D eigenvalue weighted by molar-refractivity contribution is -0.115. The number of anilines is 1. The van der Waals surface area contributed by atoms with Crippen molar-refractivity contribution in [3.63, 3.8) is 0 Å². The van der Waals surface area contributed by atoms with Gasteiger partial charge >= 0.3 is 0 Å². The Bertz CT molecular complexity index is 387. The molecule has 0 spiro atoms. The average molecular weight is 288 g/mol. The fraction of sp³-hybridized carbons (Fsp3) is 0.462. The summed E-state index contributed by atoms with van der Waals surface area (Å²) in [7, 11) is 0. The van der Waals surface area contributed by atoms with E-state index in [-0.39, 0.29) is 18.4 Å². The van der Waals surface area contributed by atoms with E-state index in [0.29, 0.717) is 17.1 Å². The van der Waals surface area contributed by atoms with Crippen LogP contribution in [0.1, 0.15) is 13.3 Å². The van der Waals surface area contributed by atoms with Gasteiger partial charge in [0.05, 0.1) is 10.7 Å². The van der Waals surface area contributed by atoms with E-state index in [2.05, 4.69) is 5.32 Å². The van der Waals surface area contributed by atoms with Gasteiger partial charge in [0.15, 0.2) is 0 Å². The van der Waals surface area contributed by atoms with Crippen LogP contribution in [-0.4, -0.2) is 29.1 Å². The first-order chi connectivity index (χ1) is 8.63. The van der Waals surface area contributed by atoms with Crippen LogP contribution in [0.4, 0.5) is 5.69 Å². The summed E-state index contributed by atoms with van der Waals surface area (Å²) in [6.07, 6.45) is 0.452. The van der Waals surface area contributed by atoms with Gasteiger partial charge < -0.3 is 10.4 Å². The lowest BCUT2D eigenvalue weighted by Gasteiger charge is -2.08. The molecule has 0 aliphatic rings. The minimum atomic E-state index is -0.0350. The van der Waals surface area contributed by atoms with Crippen molar-refractivity contribution in [1.82, 2.24) is 0 Å². The highest BCUT2D eigenvalue weighted by Gasteiger charge is 2.06. The maximum atomic E-state index is 11.6. The molecule has 5 heteroatoms. The molecule has 1 rings (SSSR count). The lowest BCUT2D eigenvalue weighted by atomic mass is 10.2. The highest BCUT2D eigenvalue weighted by molar-refractivity contribution is 7.99. The first-order valence-corrected chi connectivity index (χ1v) is 7.39. The predicted molar refractivity (Wildman–Crippen MR) is 78.3 cm³/mol. The fourth-order valence-electron chi connectivity index (χ4n) is 1.28. The number of aliphatic hydroxyl groups excluding tert-OH is 1. The molecule has 0 fully saturated rings. The second-order valence-electron chi connectivity index (χ2n) is 4.14. The number of rotatable bonds is 7. The molecule has 0 heterocycles. The Balaban J connectivity index is 2.24. The van der Waals surface area contributed by atoms with Crippen LogP contribution >= 0.6 is 23.4 Å². The van der Waals surface area contributed by atoms with Crippen molar-refractivity contribution in [2.24, 2.45) is 5.92 Å². The van der Waals surface area contributed by atoms with Gasteiger partial charge in [0, 0.05) is 18.8 Å². The molecule has 1 unspecified atom stereocenters. The third kappa shape index (κ3) is 5.76. The van der Waals surface area contributed by atoms with Crippen LogP contribution in [0, 0.1) is 5.92 Å². The number of carbonyl (C=O) groups is 1. The molecule has 0 aromatic heterocycles. The van der Waals surface area contributed by atoms with E-state index >= 15 is 0 Å². The minimum absolute atomic E-state index is 0.0350. The molecule has 0 saturated heterocycles. The number of amides is 1. The number of benzene rings is 1. The van der Waals surface area contributed by atoms with Crippen LogP contribution in [0.25, 0.3) is 0 Å². The lowest BCUT2D eigenvalue weighted by Crippen LogP contribution is -2.13. The third-order valence-corrected chi connectivity index (χ3v) is 3.96. The molecule has 1 aromatic rings. The molecule has 1 amide bonds. The van der Waals surface area contributed by atoms with E-state index in [0.717, 1.165) is 11.5 Å². The van der Waals surface area contributed by atoms with Crippen molar-refractivity contribution in [1.29, 1.82) is 0 Å². The standard InChI is InChI=1S/C13H18ClNO2S/c1-10(8-16)9-18-7-6-13(17)15-12-5-3-2-4-11(12)14/h2-5,10,16H,6-9H2,1H3,(H,15,17). The Morgan fingerprint density at radius 2 is 2.22 bits per heavy atom. The van der Waals surface area contributed by atoms with Crippen LogP contribution in [-0.2, 0) is 4.79 Å². The highest BCUT2D eigenvalue weighted by Crippen LogP contribution is 2.20. The number of aliphatic hydroxyl groups is 1. The summed E-state index contributed by atoms with van der Waals surface area (Å²) in [5, 5.41) is 12.2. The Morgan fingerprint density at radius 3 is 2.89 bits per heavy atom. The highest BCUT2D eigenvalue weighted by atomic mass is 35.5. The van der Waals surface area contributed by atoms with Crippen molar-refractivity contribution in [3.8, 4) is 0 Å². The molecule has 0 saturated carbocycles. The molecular formula is C13H18ClNO2S. The summed E-state index contributed by atoms with van der Waals surface area (Å²) in [6.45, 7) is 2.18. The average Bonchev–Trinajstić information content (AvgIpc) is 2.37. The Kier molecular flexibility index (Phi) is 7.16.